The molecule has 2 aromatic carbocycles. The topological polar surface area (TPSA) is 87.7 Å². The summed E-state index contributed by atoms with van der Waals surface area (Å²) in [4.78, 5) is 0. The molecule has 3 aromatic rings. The highest BCUT2D eigenvalue weighted by atomic mass is 16.5. The van der Waals surface area contributed by atoms with Crippen LogP contribution in [0.4, 0.5) is 0 Å². The molecule has 0 saturated heterocycles. The summed E-state index contributed by atoms with van der Waals surface area (Å²) < 4.78 is 27.0. The molecule has 0 aliphatic heterocycles. The first-order valence-electron chi connectivity index (χ1n) is 8.10. The number of aromatic amines is 1. The van der Waals surface area contributed by atoms with Gasteiger partial charge in [-0.3, -0.25) is 5.10 Å². The molecule has 0 aliphatic carbocycles. The Hall–Kier alpha value is -3.42. The second kappa shape index (κ2) is 7.86. The molecule has 1 aromatic heterocycles. The molecule has 0 aliphatic rings. The molecule has 0 bridgehead atoms. The van der Waals surface area contributed by atoms with Crippen LogP contribution in [0.5, 0.6) is 28.7 Å². The molecule has 3 rings (SSSR count). The van der Waals surface area contributed by atoms with Crippen molar-refractivity contribution < 1.29 is 23.7 Å². The number of H-pyrrole nitrogens is 1. The second-order valence-electron chi connectivity index (χ2n) is 5.51. The van der Waals surface area contributed by atoms with Gasteiger partial charge in [0, 0.05) is 11.6 Å². The zero-order chi connectivity index (χ0) is 19.4. The molecule has 0 amide bonds. The number of hydrogen-bond acceptors (Lipinski definition) is 7. The van der Waals surface area contributed by atoms with Gasteiger partial charge in [0.2, 0.25) is 0 Å². The van der Waals surface area contributed by atoms with E-state index >= 15 is 0 Å². The Bertz CT molecular complexity index is 939. The zero-order valence-corrected chi connectivity index (χ0v) is 15.8. The van der Waals surface area contributed by atoms with E-state index in [4.69, 9.17) is 23.7 Å². The van der Waals surface area contributed by atoms with Crippen LogP contribution in [0.25, 0.3) is 22.5 Å². The molecule has 0 unspecified atom stereocenters. The second-order valence-corrected chi connectivity index (χ2v) is 5.51. The summed E-state index contributed by atoms with van der Waals surface area (Å²) in [6, 6.07) is 9.13. The summed E-state index contributed by atoms with van der Waals surface area (Å²) in [5, 5.41) is 11.2. The van der Waals surface area contributed by atoms with E-state index in [9.17, 15) is 0 Å². The predicted octanol–water partition coefficient (Wildman–Crippen LogP) is 3.18. The number of nitrogens with zero attached hydrogens (tertiary/aromatic N) is 2. The number of methoxy groups -OCH3 is 5. The van der Waals surface area contributed by atoms with E-state index in [-0.39, 0.29) is 0 Å². The lowest BCUT2D eigenvalue weighted by Gasteiger charge is -2.14. The standard InChI is InChI=1S/C19H21N3O5/c1-23-13-7-6-11(8-15(13)25-3)18-19(21-22-20-18)12-9-16(26-4)17(27-5)10-14(12)24-2/h6-10H,1-5H3,(H,20,21,22). The average molecular weight is 371 g/mol. The molecule has 0 atom stereocenters. The van der Waals surface area contributed by atoms with E-state index in [0.29, 0.717) is 45.7 Å². The van der Waals surface area contributed by atoms with Crippen molar-refractivity contribution in [2.75, 3.05) is 35.5 Å². The van der Waals surface area contributed by atoms with Gasteiger partial charge in [-0.05, 0) is 24.3 Å². The van der Waals surface area contributed by atoms with Crippen molar-refractivity contribution in [1.82, 2.24) is 15.4 Å². The number of benzene rings is 2. The Balaban J connectivity index is 2.16. The Morgan fingerprint density at radius 3 is 1.89 bits per heavy atom. The molecule has 0 radical (unpaired) electrons. The SMILES string of the molecule is COc1ccc(-c2[nH]nnc2-c2cc(OC)c(OC)cc2OC)cc1OC. The molecule has 1 heterocycles. The van der Waals surface area contributed by atoms with E-state index in [0.717, 1.165) is 5.56 Å². The lowest BCUT2D eigenvalue weighted by molar-refractivity contribution is 0.349. The van der Waals surface area contributed by atoms with Crippen LogP contribution in [0.15, 0.2) is 30.3 Å². The highest BCUT2D eigenvalue weighted by Crippen LogP contribution is 2.42. The van der Waals surface area contributed by atoms with Crippen LogP contribution in [0.2, 0.25) is 0 Å². The van der Waals surface area contributed by atoms with E-state index in [2.05, 4.69) is 15.4 Å². The van der Waals surface area contributed by atoms with Gasteiger partial charge in [0.15, 0.2) is 23.0 Å². The average Bonchev–Trinajstić information content (AvgIpc) is 3.21. The number of nitrogens with one attached hydrogen (secondary N) is 1. The number of rotatable bonds is 7. The van der Waals surface area contributed by atoms with Crippen molar-refractivity contribution in [2.24, 2.45) is 0 Å². The molecule has 8 heteroatoms. The molecule has 0 saturated carbocycles. The van der Waals surface area contributed by atoms with Gasteiger partial charge in [-0.1, -0.05) is 5.21 Å². The van der Waals surface area contributed by atoms with Crippen molar-refractivity contribution in [2.45, 2.75) is 0 Å². The van der Waals surface area contributed by atoms with Crippen LogP contribution in [0.3, 0.4) is 0 Å². The fourth-order valence-electron chi connectivity index (χ4n) is 2.82. The van der Waals surface area contributed by atoms with Crippen molar-refractivity contribution in [3.05, 3.63) is 30.3 Å². The van der Waals surface area contributed by atoms with Crippen molar-refractivity contribution in [3.63, 3.8) is 0 Å². The smallest absolute Gasteiger partial charge is 0.164 e. The van der Waals surface area contributed by atoms with Gasteiger partial charge in [0.25, 0.3) is 0 Å². The van der Waals surface area contributed by atoms with Gasteiger partial charge in [0.05, 0.1) is 46.8 Å². The van der Waals surface area contributed by atoms with Crippen LogP contribution >= 0.6 is 0 Å². The van der Waals surface area contributed by atoms with Crippen LogP contribution in [0.1, 0.15) is 0 Å². The summed E-state index contributed by atoms with van der Waals surface area (Å²) >= 11 is 0. The van der Waals surface area contributed by atoms with Gasteiger partial charge in [-0.25, -0.2) is 0 Å². The first-order valence-corrected chi connectivity index (χ1v) is 8.10. The number of aromatic nitrogens is 3. The van der Waals surface area contributed by atoms with E-state index in [1.165, 1.54) is 0 Å². The molecule has 0 fully saturated rings. The van der Waals surface area contributed by atoms with E-state index in [1.54, 1.807) is 47.7 Å². The zero-order valence-electron chi connectivity index (χ0n) is 15.8. The van der Waals surface area contributed by atoms with Crippen molar-refractivity contribution in [3.8, 4) is 51.3 Å². The van der Waals surface area contributed by atoms with Crippen molar-refractivity contribution in [1.29, 1.82) is 0 Å². The molecule has 1 N–H and O–H groups in total. The fourth-order valence-corrected chi connectivity index (χ4v) is 2.82. The van der Waals surface area contributed by atoms with E-state index < -0.39 is 0 Å². The highest BCUT2D eigenvalue weighted by Gasteiger charge is 2.20. The quantitative estimate of drug-likeness (QED) is 0.682. The van der Waals surface area contributed by atoms with Crippen LogP contribution in [-0.2, 0) is 0 Å². The van der Waals surface area contributed by atoms with Gasteiger partial charge in [-0.15, -0.1) is 5.10 Å². The largest absolute Gasteiger partial charge is 0.496 e. The normalized spacial score (nSPS) is 10.4. The summed E-state index contributed by atoms with van der Waals surface area (Å²) in [6.07, 6.45) is 0. The van der Waals surface area contributed by atoms with Gasteiger partial charge in [-0.2, -0.15) is 0 Å². The minimum atomic E-state index is 0.564. The molecule has 8 nitrogen and oxygen atoms in total. The number of ether oxygens (including phenoxy) is 5. The Morgan fingerprint density at radius 1 is 0.667 bits per heavy atom. The third-order valence-electron chi connectivity index (χ3n) is 4.18. The molecule has 27 heavy (non-hydrogen) atoms. The monoisotopic (exact) mass is 371 g/mol. The lowest BCUT2D eigenvalue weighted by Crippen LogP contribution is -1.96. The fraction of sp³-hybridized carbons (Fsp3) is 0.263. The van der Waals surface area contributed by atoms with Crippen LogP contribution < -0.4 is 23.7 Å². The summed E-state index contributed by atoms with van der Waals surface area (Å²) in [5.41, 5.74) is 2.87. The lowest BCUT2D eigenvalue weighted by atomic mass is 10.0. The van der Waals surface area contributed by atoms with Gasteiger partial charge in [0.1, 0.15) is 11.4 Å². The van der Waals surface area contributed by atoms with E-state index in [1.807, 2.05) is 18.2 Å². The molecule has 142 valence electrons. The maximum atomic E-state index is 5.52. The summed E-state index contributed by atoms with van der Waals surface area (Å²) in [7, 11) is 7.91. The maximum Gasteiger partial charge on any atom is 0.164 e. The number of hydrogen-bond donors (Lipinski definition) is 1. The first-order chi connectivity index (χ1) is 13.2. The molecular weight excluding hydrogens is 350 g/mol. The maximum absolute atomic E-state index is 5.52. The molecular formula is C19H21N3O5. The van der Waals surface area contributed by atoms with Crippen molar-refractivity contribution >= 4 is 0 Å². The Morgan fingerprint density at radius 2 is 1.26 bits per heavy atom. The minimum absolute atomic E-state index is 0.564. The highest BCUT2D eigenvalue weighted by molar-refractivity contribution is 5.83. The third-order valence-corrected chi connectivity index (χ3v) is 4.18. The molecule has 0 spiro atoms. The third kappa shape index (κ3) is 3.33. The van der Waals surface area contributed by atoms with Gasteiger partial charge >= 0.3 is 0 Å². The Kier molecular flexibility index (Phi) is 5.35. The minimum Gasteiger partial charge on any atom is -0.496 e. The van der Waals surface area contributed by atoms with Gasteiger partial charge < -0.3 is 23.7 Å². The summed E-state index contributed by atoms with van der Waals surface area (Å²) in [6.45, 7) is 0. The van der Waals surface area contributed by atoms with Crippen LogP contribution in [0, 0.1) is 0 Å². The summed E-state index contributed by atoms with van der Waals surface area (Å²) in [5.74, 6) is 2.96. The first kappa shape index (κ1) is 18.4. The Labute approximate surface area is 157 Å². The predicted molar refractivity (Wildman–Crippen MR) is 100 cm³/mol. The van der Waals surface area contributed by atoms with Crippen LogP contribution in [-0.4, -0.2) is 51.0 Å².